The lowest BCUT2D eigenvalue weighted by Gasteiger charge is -2.15. The van der Waals surface area contributed by atoms with Crippen molar-refractivity contribution in [3.05, 3.63) is 29.8 Å². The van der Waals surface area contributed by atoms with Gasteiger partial charge in [0.05, 0.1) is 11.3 Å². The second-order valence-electron chi connectivity index (χ2n) is 5.36. The molecule has 0 atom stereocenters. The Kier molecular flexibility index (Phi) is 6.81. The first-order chi connectivity index (χ1) is 12.0. The standard InChI is InChI=1S/C16H19N3O5S/c17-16(23)18-13(20)9-24-15(22)11-5-1-2-6-12(11)25-10-14(21)19-7-3-4-8-19/h1-2,5-6H,3-4,7-10H2,(H3,17,18,20,23). The number of carbonyl (C=O) groups is 4. The van der Waals surface area contributed by atoms with Crippen LogP contribution in [-0.2, 0) is 14.3 Å². The SMILES string of the molecule is NC(=O)NC(=O)COC(=O)c1ccccc1SCC(=O)N1CCCC1. The maximum atomic E-state index is 12.1. The summed E-state index contributed by atoms with van der Waals surface area (Å²) in [5.41, 5.74) is 5.06. The summed E-state index contributed by atoms with van der Waals surface area (Å²) < 4.78 is 4.87. The first kappa shape index (κ1) is 18.8. The number of urea groups is 1. The number of primary amides is 1. The Balaban J connectivity index is 1.92. The van der Waals surface area contributed by atoms with Gasteiger partial charge in [-0.05, 0) is 25.0 Å². The molecule has 0 spiro atoms. The molecule has 0 aromatic heterocycles. The molecule has 0 aliphatic carbocycles. The number of benzene rings is 1. The summed E-state index contributed by atoms with van der Waals surface area (Å²) >= 11 is 1.25. The molecular weight excluding hydrogens is 346 g/mol. The average Bonchev–Trinajstić information content (AvgIpc) is 3.12. The van der Waals surface area contributed by atoms with Crippen LogP contribution in [0.15, 0.2) is 29.2 Å². The number of amides is 4. The first-order valence-corrected chi connectivity index (χ1v) is 8.72. The third kappa shape index (κ3) is 5.79. The Morgan fingerprint density at radius 2 is 1.84 bits per heavy atom. The highest BCUT2D eigenvalue weighted by Gasteiger charge is 2.20. The van der Waals surface area contributed by atoms with E-state index in [0.29, 0.717) is 4.90 Å². The number of ether oxygens (including phenoxy) is 1. The second kappa shape index (κ2) is 9.07. The molecule has 1 aromatic carbocycles. The maximum Gasteiger partial charge on any atom is 0.339 e. The van der Waals surface area contributed by atoms with Crippen LogP contribution in [0.2, 0.25) is 0 Å². The number of hydrogen-bond acceptors (Lipinski definition) is 6. The molecule has 2 rings (SSSR count). The molecule has 4 amide bonds. The molecule has 25 heavy (non-hydrogen) atoms. The van der Waals surface area contributed by atoms with Crippen LogP contribution in [0.5, 0.6) is 0 Å². The third-order valence-electron chi connectivity index (χ3n) is 3.51. The number of rotatable bonds is 6. The van der Waals surface area contributed by atoms with E-state index in [0.717, 1.165) is 25.9 Å². The van der Waals surface area contributed by atoms with Gasteiger partial charge in [-0.15, -0.1) is 11.8 Å². The number of thioether (sulfide) groups is 1. The minimum atomic E-state index is -1.02. The Bertz CT molecular complexity index is 673. The second-order valence-corrected chi connectivity index (χ2v) is 6.38. The number of nitrogens with one attached hydrogen (secondary N) is 1. The summed E-state index contributed by atoms with van der Waals surface area (Å²) in [6.45, 7) is 0.934. The van der Waals surface area contributed by atoms with Gasteiger partial charge >= 0.3 is 12.0 Å². The van der Waals surface area contributed by atoms with E-state index in [4.69, 9.17) is 10.5 Å². The van der Waals surface area contributed by atoms with Crippen molar-refractivity contribution in [3.63, 3.8) is 0 Å². The molecule has 134 valence electrons. The zero-order valence-corrected chi connectivity index (χ0v) is 14.3. The van der Waals surface area contributed by atoms with Crippen LogP contribution >= 0.6 is 11.8 Å². The van der Waals surface area contributed by atoms with E-state index in [1.807, 2.05) is 4.90 Å². The number of likely N-dealkylation sites (tertiary alicyclic amines) is 1. The molecule has 0 saturated carbocycles. The number of nitrogens with zero attached hydrogens (tertiary/aromatic N) is 1. The summed E-state index contributed by atoms with van der Waals surface area (Å²) in [6.07, 6.45) is 2.04. The fourth-order valence-corrected chi connectivity index (χ4v) is 3.28. The van der Waals surface area contributed by atoms with Gasteiger partial charge in [-0.25, -0.2) is 9.59 Å². The van der Waals surface area contributed by atoms with E-state index in [1.54, 1.807) is 29.6 Å². The van der Waals surface area contributed by atoms with Crippen LogP contribution in [0.4, 0.5) is 4.79 Å². The highest BCUT2D eigenvalue weighted by atomic mass is 32.2. The summed E-state index contributed by atoms with van der Waals surface area (Å²) in [7, 11) is 0. The first-order valence-electron chi connectivity index (χ1n) is 7.73. The number of esters is 1. The van der Waals surface area contributed by atoms with Crippen LogP contribution < -0.4 is 11.1 Å². The van der Waals surface area contributed by atoms with Crippen molar-refractivity contribution in [3.8, 4) is 0 Å². The zero-order valence-electron chi connectivity index (χ0n) is 13.5. The molecule has 0 unspecified atom stereocenters. The number of hydrogen-bond donors (Lipinski definition) is 2. The molecule has 8 nitrogen and oxygen atoms in total. The van der Waals surface area contributed by atoms with E-state index in [1.165, 1.54) is 11.8 Å². The lowest BCUT2D eigenvalue weighted by Crippen LogP contribution is -2.37. The van der Waals surface area contributed by atoms with Gasteiger partial charge in [-0.3, -0.25) is 14.9 Å². The van der Waals surface area contributed by atoms with Crippen molar-refractivity contribution < 1.29 is 23.9 Å². The molecule has 9 heteroatoms. The molecule has 3 N–H and O–H groups in total. The maximum absolute atomic E-state index is 12.1. The van der Waals surface area contributed by atoms with Crippen molar-refractivity contribution in [1.29, 1.82) is 0 Å². The van der Waals surface area contributed by atoms with Gasteiger partial charge in [0.1, 0.15) is 0 Å². The Labute approximate surface area is 149 Å². The Hall–Kier alpha value is -2.55. The average molecular weight is 365 g/mol. The molecule has 0 radical (unpaired) electrons. The summed E-state index contributed by atoms with van der Waals surface area (Å²) in [4.78, 5) is 48.5. The topological polar surface area (TPSA) is 119 Å². The molecule has 1 aromatic rings. The van der Waals surface area contributed by atoms with E-state index < -0.39 is 24.5 Å². The van der Waals surface area contributed by atoms with Gasteiger partial charge in [-0.1, -0.05) is 12.1 Å². The highest BCUT2D eigenvalue weighted by Crippen LogP contribution is 2.24. The predicted molar refractivity (Wildman–Crippen MR) is 91.0 cm³/mol. The van der Waals surface area contributed by atoms with Gasteiger partial charge in [0.25, 0.3) is 5.91 Å². The van der Waals surface area contributed by atoms with Crippen LogP contribution in [0, 0.1) is 0 Å². The van der Waals surface area contributed by atoms with Crippen molar-refractivity contribution in [2.75, 3.05) is 25.4 Å². The van der Waals surface area contributed by atoms with Gasteiger partial charge in [0.15, 0.2) is 6.61 Å². The summed E-state index contributed by atoms with van der Waals surface area (Å²) in [5.74, 6) is -1.26. The van der Waals surface area contributed by atoms with Crippen molar-refractivity contribution in [1.82, 2.24) is 10.2 Å². The minimum Gasteiger partial charge on any atom is -0.452 e. The van der Waals surface area contributed by atoms with Crippen LogP contribution in [0.3, 0.4) is 0 Å². The number of imide groups is 1. The smallest absolute Gasteiger partial charge is 0.339 e. The quantitative estimate of drug-likeness (QED) is 0.567. The highest BCUT2D eigenvalue weighted by molar-refractivity contribution is 8.00. The Morgan fingerprint density at radius 1 is 1.16 bits per heavy atom. The lowest BCUT2D eigenvalue weighted by molar-refractivity contribution is -0.127. The van der Waals surface area contributed by atoms with Gasteiger partial charge in [0.2, 0.25) is 5.91 Å². The normalized spacial score (nSPS) is 13.4. The summed E-state index contributed by atoms with van der Waals surface area (Å²) in [5, 5.41) is 1.80. The van der Waals surface area contributed by atoms with E-state index in [2.05, 4.69) is 0 Å². The molecule has 0 bridgehead atoms. The van der Waals surface area contributed by atoms with Gasteiger partial charge < -0.3 is 15.4 Å². The molecule has 1 aliphatic rings. The molecular formula is C16H19N3O5S. The molecule has 1 saturated heterocycles. The fourth-order valence-electron chi connectivity index (χ4n) is 2.34. The fraction of sp³-hybridized carbons (Fsp3) is 0.375. The summed E-state index contributed by atoms with van der Waals surface area (Å²) in [6, 6.07) is 5.66. The van der Waals surface area contributed by atoms with Gasteiger partial charge in [-0.2, -0.15) is 0 Å². The van der Waals surface area contributed by atoms with Crippen LogP contribution in [0.25, 0.3) is 0 Å². The molecule has 1 fully saturated rings. The monoisotopic (exact) mass is 365 g/mol. The number of nitrogens with two attached hydrogens (primary N) is 1. The minimum absolute atomic E-state index is 0.0338. The zero-order chi connectivity index (χ0) is 18.2. The molecule has 1 aliphatic heterocycles. The number of carbonyl (C=O) groups excluding carboxylic acids is 4. The van der Waals surface area contributed by atoms with Gasteiger partial charge in [0, 0.05) is 18.0 Å². The lowest BCUT2D eigenvalue weighted by atomic mass is 10.2. The van der Waals surface area contributed by atoms with E-state index in [9.17, 15) is 19.2 Å². The largest absolute Gasteiger partial charge is 0.452 e. The van der Waals surface area contributed by atoms with Crippen molar-refractivity contribution >= 4 is 35.6 Å². The van der Waals surface area contributed by atoms with Crippen LogP contribution in [-0.4, -0.2) is 54.2 Å². The van der Waals surface area contributed by atoms with Crippen LogP contribution in [0.1, 0.15) is 23.2 Å². The van der Waals surface area contributed by atoms with Crippen molar-refractivity contribution in [2.45, 2.75) is 17.7 Å². The van der Waals surface area contributed by atoms with E-state index in [-0.39, 0.29) is 17.2 Å². The molecule has 1 heterocycles. The van der Waals surface area contributed by atoms with Crippen molar-refractivity contribution in [2.24, 2.45) is 5.73 Å². The third-order valence-corrected chi connectivity index (χ3v) is 4.57. The van der Waals surface area contributed by atoms with E-state index >= 15 is 0 Å². The predicted octanol–water partition coefficient (Wildman–Crippen LogP) is 0.753. The Morgan fingerprint density at radius 3 is 2.52 bits per heavy atom.